The lowest BCUT2D eigenvalue weighted by molar-refractivity contribution is 0.0379. The summed E-state index contributed by atoms with van der Waals surface area (Å²) in [5, 5.41) is 12.8. The summed E-state index contributed by atoms with van der Waals surface area (Å²) in [7, 11) is 0. The number of nitrogens with one attached hydrogen (secondary N) is 1. The second-order valence-corrected chi connectivity index (χ2v) is 4.46. The van der Waals surface area contributed by atoms with Gasteiger partial charge in [0.2, 0.25) is 5.28 Å². The molecule has 1 aliphatic heterocycles. The van der Waals surface area contributed by atoms with Crippen molar-refractivity contribution in [2.45, 2.75) is 18.4 Å². The minimum Gasteiger partial charge on any atom is -0.394 e. The molecule has 0 spiro atoms. The van der Waals surface area contributed by atoms with Crippen LogP contribution >= 0.6 is 11.6 Å². The molecule has 1 aromatic rings. The SMILES string of the molecule is Nc1cnc(Cl)nc1NC1(CO)CCOCC1. The van der Waals surface area contributed by atoms with Gasteiger partial charge in [0.1, 0.15) is 0 Å². The van der Waals surface area contributed by atoms with E-state index in [-0.39, 0.29) is 11.9 Å². The molecule has 0 radical (unpaired) electrons. The zero-order valence-electron chi connectivity index (χ0n) is 9.32. The van der Waals surface area contributed by atoms with Gasteiger partial charge < -0.3 is 20.9 Å². The molecule has 0 aliphatic carbocycles. The van der Waals surface area contributed by atoms with Gasteiger partial charge in [-0.2, -0.15) is 4.98 Å². The highest BCUT2D eigenvalue weighted by molar-refractivity contribution is 6.28. The first-order chi connectivity index (χ1) is 8.15. The molecular formula is C10H15ClN4O2. The standard InChI is InChI=1S/C10H15ClN4O2/c11-9-13-5-7(12)8(14-9)15-10(6-16)1-3-17-4-2-10/h5,16H,1-4,6,12H2,(H,13,14,15). The lowest BCUT2D eigenvalue weighted by Gasteiger charge is -2.36. The van der Waals surface area contributed by atoms with Crippen molar-refractivity contribution in [1.29, 1.82) is 0 Å². The number of aliphatic hydroxyl groups is 1. The zero-order chi connectivity index (χ0) is 12.3. The van der Waals surface area contributed by atoms with Gasteiger partial charge >= 0.3 is 0 Å². The highest BCUT2D eigenvalue weighted by atomic mass is 35.5. The average molecular weight is 259 g/mol. The molecule has 0 bridgehead atoms. The summed E-state index contributed by atoms with van der Waals surface area (Å²) in [5.41, 5.74) is 5.73. The first-order valence-corrected chi connectivity index (χ1v) is 5.78. The molecule has 7 heteroatoms. The smallest absolute Gasteiger partial charge is 0.224 e. The number of nitrogens with two attached hydrogens (primary N) is 1. The topological polar surface area (TPSA) is 93.3 Å². The van der Waals surface area contributed by atoms with Crippen LogP contribution in [0.25, 0.3) is 0 Å². The van der Waals surface area contributed by atoms with Gasteiger partial charge in [0.15, 0.2) is 5.82 Å². The van der Waals surface area contributed by atoms with Crippen LogP contribution in [-0.2, 0) is 4.74 Å². The third-order valence-electron chi connectivity index (χ3n) is 2.92. The van der Waals surface area contributed by atoms with Crippen molar-refractivity contribution >= 4 is 23.1 Å². The molecule has 1 saturated heterocycles. The van der Waals surface area contributed by atoms with E-state index in [4.69, 9.17) is 22.1 Å². The van der Waals surface area contributed by atoms with Gasteiger partial charge in [-0.05, 0) is 24.4 Å². The molecule has 0 atom stereocenters. The summed E-state index contributed by atoms with van der Waals surface area (Å²) in [6.07, 6.45) is 2.84. The molecule has 17 heavy (non-hydrogen) atoms. The van der Waals surface area contributed by atoms with Crippen molar-refractivity contribution < 1.29 is 9.84 Å². The van der Waals surface area contributed by atoms with E-state index in [0.29, 0.717) is 37.6 Å². The Morgan fingerprint density at radius 1 is 1.53 bits per heavy atom. The highest BCUT2D eigenvalue weighted by Gasteiger charge is 2.32. The van der Waals surface area contributed by atoms with Crippen molar-refractivity contribution in [2.75, 3.05) is 30.9 Å². The number of halogens is 1. The number of aliphatic hydroxyl groups excluding tert-OH is 1. The van der Waals surface area contributed by atoms with Crippen LogP contribution in [0.15, 0.2) is 6.20 Å². The summed E-state index contributed by atoms with van der Waals surface area (Å²) >= 11 is 5.72. The van der Waals surface area contributed by atoms with Crippen molar-refractivity contribution in [1.82, 2.24) is 9.97 Å². The van der Waals surface area contributed by atoms with Crippen molar-refractivity contribution in [3.8, 4) is 0 Å². The highest BCUT2D eigenvalue weighted by Crippen LogP contribution is 2.27. The van der Waals surface area contributed by atoms with Crippen molar-refractivity contribution in [3.05, 3.63) is 11.5 Å². The number of hydrogen-bond donors (Lipinski definition) is 3. The number of nitrogen functional groups attached to an aromatic ring is 1. The number of nitrogens with zero attached hydrogens (tertiary/aromatic N) is 2. The van der Waals surface area contributed by atoms with Gasteiger partial charge in [0.05, 0.1) is 24.0 Å². The summed E-state index contributed by atoms with van der Waals surface area (Å²) in [4.78, 5) is 7.81. The van der Waals surface area contributed by atoms with Crippen molar-refractivity contribution in [2.24, 2.45) is 0 Å². The minimum atomic E-state index is -0.440. The normalized spacial score (nSPS) is 18.9. The minimum absolute atomic E-state index is 0.00256. The van der Waals surface area contributed by atoms with Crippen LogP contribution in [0.1, 0.15) is 12.8 Å². The predicted molar refractivity (Wildman–Crippen MR) is 64.9 cm³/mol. The molecule has 1 fully saturated rings. The Bertz CT molecular complexity index is 396. The van der Waals surface area contributed by atoms with Gasteiger partial charge in [0.25, 0.3) is 0 Å². The van der Waals surface area contributed by atoms with Crippen LogP contribution in [0.5, 0.6) is 0 Å². The molecule has 0 amide bonds. The molecule has 4 N–H and O–H groups in total. The molecule has 1 aliphatic rings. The van der Waals surface area contributed by atoms with E-state index in [0.717, 1.165) is 0 Å². The lowest BCUT2D eigenvalue weighted by Crippen LogP contribution is -2.47. The Morgan fingerprint density at radius 3 is 2.88 bits per heavy atom. The summed E-state index contributed by atoms with van der Waals surface area (Å²) in [6.45, 7) is 1.20. The van der Waals surface area contributed by atoms with Crippen molar-refractivity contribution in [3.63, 3.8) is 0 Å². The molecule has 2 rings (SSSR count). The number of aromatic nitrogens is 2. The summed E-state index contributed by atoms with van der Waals surface area (Å²) in [6, 6.07) is 0. The first kappa shape index (κ1) is 12.3. The Hall–Kier alpha value is -1.11. The maximum Gasteiger partial charge on any atom is 0.224 e. The first-order valence-electron chi connectivity index (χ1n) is 5.40. The molecule has 6 nitrogen and oxygen atoms in total. The third-order valence-corrected chi connectivity index (χ3v) is 3.11. The molecule has 1 aromatic heterocycles. The summed E-state index contributed by atoms with van der Waals surface area (Å²) < 4.78 is 5.28. The molecule has 2 heterocycles. The van der Waals surface area contributed by atoms with E-state index in [9.17, 15) is 5.11 Å². The predicted octanol–water partition coefficient (Wildman–Crippen LogP) is 0.666. The van der Waals surface area contributed by atoms with E-state index in [1.165, 1.54) is 6.20 Å². The van der Waals surface area contributed by atoms with Gasteiger partial charge in [-0.3, -0.25) is 0 Å². The maximum atomic E-state index is 9.53. The van der Waals surface area contributed by atoms with E-state index in [1.807, 2.05) is 0 Å². The largest absolute Gasteiger partial charge is 0.394 e. The fraction of sp³-hybridized carbons (Fsp3) is 0.600. The molecular weight excluding hydrogens is 244 g/mol. The number of hydrogen-bond acceptors (Lipinski definition) is 6. The Balaban J connectivity index is 2.20. The van der Waals surface area contributed by atoms with Crippen LogP contribution < -0.4 is 11.1 Å². The quantitative estimate of drug-likeness (QED) is 0.690. The molecule has 0 unspecified atom stereocenters. The van der Waals surface area contributed by atoms with Gasteiger partial charge in [-0.15, -0.1) is 0 Å². The molecule has 0 saturated carbocycles. The van der Waals surface area contributed by atoms with Crippen LogP contribution in [0.2, 0.25) is 5.28 Å². The van der Waals surface area contributed by atoms with Gasteiger partial charge in [-0.25, -0.2) is 4.98 Å². The fourth-order valence-corrected chi connectivity index (χ4v) is 1.94. The van der Waals surface area contributed by atoms with E-state index in [1.54, 1.807) is 0 Å². The Morgan fingerprint density at radius 2 is 2.24 bits per heavy atom. The Kier molecular flexibility index (Phi) is 3.66. The zero-order valence-corrected chi connectivity index (χ0v) is 10.1. The monoisotopic (exact) mass is 258 g/mol. The van der Waals surface area contributed by atoms with Crippen LogP contribution in [0.4, 0.5) is 11.5 Å². The fourth-order valence-electron chi connectivity index (χ4n) is 1.81. The maximum absolute atomic E-state index is 9.53. The van der Waals surface area contributed by atoms with Crippen LogP contribution in [-0.4, -0.2) is 40.4 Å². The Labute approximate surface area is 104 Å². The van der Waals surface area contributed by atoms with Crippen LogP contribution in [0.3, 0.4) is 0 Å². The second-order valence-electron chi connectivity index (χ2n) is 4.12. The average Bonchev–Trinajstić information content (AvgIpc) is 2.35. The molecule has 94 valence electrons. The van der Waals surface area contributed by atoms with E-state index in [2.05, 4.69) is 15.3 Å². The third kappa shape index (κ3) is 2.77. The van der Waals surface area contributed by atoms with Gasteiger partial charge in [0, 0.05) is 13.2 Å². The van der Waals surface area contributed by atoms with E-state index < -0.39 is 5.54 Å². The summed E-state index contributed by atoms with van der Waals surface area (Å²) in [5.74, 6) is 0.459. The van der Waals surface area contributed by atoms with Gasteiger partial charge in [-0.1, -0.05) is 0 Å². The lowest BCUT2D eigenvalue weighted by atomic mass is 9.91. The number of anilines is 2. The molecule has 0 aromatic carbocycles. The number of ether oxygens (including phenoxy) is 1. The van der Waals surface area contributed by atoms with Crippen LogP contribution in [0, 0.1) is 0 Å². The number of rotatable bonds is 3. The van der Waals surface area contributed by atoms with E-state index >= 15 is 0 Å². The second kappa shape index (κ2) is 5.03.